The summed E-state index contributed by atoms with van der Waals surface area (Å²) in [5.41, 5.74) is 0. The molecule has 2 aliphatic rings. The molecule has 0 saturated carbocycles. The second-order valence-electron chi connectivity index (χ2n) is 4.69. The van der Waals surface area contributed by atoms with E-state index in [0.717, 1.165) is 58.9 Å². The highest BCUT2D eigenvalue weighted by Crippen LogP contribution is 2.05. The van der Waals surface area contributed by atoms with Crippen LogP contribution in [0.3, 0.4) is 0 Å². The highest BCUT2D eigenvalue weighted by molar-refractivity contribution is 5.82. The van der Waals surface area contributed by atoms with Crippen molar-refractivity contribution in [3.05, 3.63) is 0 Å². The van der Waals surface area contributed by atoms with Crippen LogP contribution in [0.2, 0.25) is 0 Å². The van der Waals surface area contributed by atoms with Crippen LogP contribution in [-0.4, -0.2) is 74.2 Å². The SMILES string of the molecule is CCC1NCCN(CCN2CCOCC2)C1=O. The van der Waals surface area contributed by atoms with Gasteiger partial charge in [-0.15, -0.1) is 0 Å². The molecule has 98 valence electrons. The summed E-state index contributed by atoms with van der Waals surface area (Å²) in [5, 5.41) is 3.26. The van der Waals surface area contributed by atoms with Crippen molar-refractivity contribution in [1.29, 1.82) is 0 Å². The van der Waals surface area contributed by atoms with Crippen molar-refractivity contribution < 1.29 is 9.53 Å². The number of rotatable bonds is 4. The highest BCUT2D eigenvalue weighted by atomic mass is 16.5. The summed E-state index contributed by atoms with van der Waals surface area (Å²) in [7, 11) is 0. The Labute approximate surface area is 103 Å². The highest BCUT2D eigenvalue weighted by Gasteiger charge is 2.26. The van der Waals surface area contributed by atoms with Gasteiger partial charge < -0.3 is 15.0 Å². The number of amides is 1. The third-order valence-electron chi connectivity index (χ3n) is 3.58. The lowest BCUT2D eigenvalue weighted by Crippen LogP contribution is -2.56. The first-order valence-corrected chi connectivity index (χ1v) is 6.63. The second-order valence-corrected chi connectivity index (χ2v) is 4.69. The molecule has 0 radical (unpaired) electrons. The van der Waals surface area contributed by atoms with Gasteiger partial charge in [0.25, 0.3) is 0 Å². The summed E-state index contributed by atoms with van der Waals surface area (Å²) >= 11 is 0. The summed E-state index contributed by atoms with van der Waals surface area (Å²) < 4.78 is 5.31. The van der Waals surface area contributed by atoms with Crippen LogP contribution < -0.4 is 5.32 Å². The molecule has 0 aromatic rings. The number of hydrogen-bond donors (Lipinski definition) is 1. The Morgan fingerprint density at radius 2 is 2.06 bits per heavy atom. The quantitative estimate of drug-likeness (QED) is 0.723. The van der Waals surface area contributed by atoms with Crippen molar-refractivity contribution in [2.24, 2.45) is 0 Å². The van der Waals surface area contributed by atoms with Crippen molar-refractivity contribution in [2.75, 3.05) is 52.5 Å². The Morgan fingerprint density at radius 1 is 1.29 bits per heavy atom. The molecule has 0 aromatic heterocycles. The van der Waals surface area contributed by atoms with Crippen LogP contribution in [0.4, 0.5) is 0 Å². The van der Waals surface area contributed by atoms with E-state index in [4.69, 9.17) is 4.74 Å². The molecule has 1 atom stereocenters. The Kier molecular flexibility index (Phi) is 4.76. The minimum absolute atomic E-state index is 0.0356. The maximum absolute atomic E-state index is 12.0. The molecule has 2 saturated heterocycles. The molecule has 0 aliphatic carbocycles. The smallest absolute Gasteiger partial charge is 0.239 e. The number of nitrogens with zero attached hydrogens (tertiary/aromatic N) is 2. The molecule has 1 amide bonds. The van der Waals surface area contributed by atoms with E-state index in [1.165, 1.54) is 0 Å². The number of morpholine rings is 1. The molecule has 2 aliphatic heterocycles. The number of piperazine rings is 1. The van der Waals surface area contributed by atoms with Crippen molar-refractivity contribution in [3.8, 4) is 0 Å². The summed E-state index contributed by atoms with van der Waals surface area (Å²) in [5.74, 6) is 0.270. The van der Waals surface area contributed by atoms with E-state index in [-0.39, 0.29) is 11.9 Å². The van der Waals surface area contributed by atoms with Gasteiger partial charge in [-0.1, -0.05) is 6.92 Å². The van der Waals surface area contributed by atoms with Gasteiger partial charge in [-0.05, 0) is 6.42 Å². The van der Waals surface area contributed by atoms with Crippen molar-refractivity contribution in [3.63, 3.8) is 0 Å². The average molecular weight is 241 g/mol. The molecule has 0 bridgehead atoms. The van der Waals surface area contributed by atoms with E-state index in [0.29, 0.717) is 0 Å². The Morgan fingerprint density at radius 3 is 2.76 bits per heavy atom. The van der Waals surface area contributed by atoms with Crippen LogP contribution in [0.25, 0.3) is 0 Å². The molecular formula is C12H23N3O2. The topological polar surface area (TPSA) is 44.8 Å². The number of hydrogen-bond acceptors (Lipinski definition) is 4. The van der Waals surface area contributed by atoms with E-state index in [2.05, 4.69) is 17.1 Å². The molecule has 2 fully saturated rings. The molecule has 5 nitrogen and oxygen atoms in total. The van der Waals surface area contributed by atoms with E-state index in [9.17, 15) is 4.79 Å². The van der Waals surface area contributed by atoms with Gasteiger partial charge in [0, 0.05) is 39.3 Å². The molecule has 17 heavy (non-hydrogen) atoms. The molecular weight excluding hydrogens is 218 g/mol. The first kappa shape index (κ1) is 12.8. The first-order valence-electron chi connectivity index (χ1n) is 6.63. The predicted octanol–water partition coefficient (Wildman–Crippen LogP) is -0.471. The zero-order chi connectivity index (χ0) is 12.1. The molecule has 5 heteroatoms. The van der Waals surface area contributed by atoms with Crippen LogP contribution in [0.5, 0.6) is 0 Å². The van der Waals surface area contributed by atoms with Gasteiger partial charge in [-0.3, -0.25) is 9.69 Å². The summed E-state index contributed by atoms with van der Waals surface area (Å²) in [6, 6.07) is 0.0356. The second kappa shape index (κ2) is 6.33. The van der Waals surface area contributed by atoms with E-state index in [1.54, 1.807) is 0 Å². The van der Waals surface area contributed by atoms with Crippen LogP contribution >= 0.6 is 0 Å². The summed E-state index contributed by atoms with van der Waals surface area (Å²) in [6.07, 6.45) is 0.882. The molecule has 2 rings (SSSR count). The number of ether oxygens (including phenoxy) is 1. The Balaban J connectivity index is 1.75. The molecule has 1 N–H and O–H groups in total. The fourth-order valence-corrected chi connectivity index (χ4v) is 2.42. The monoisotopic (exact) mass is 241 g/mol. The third-order valence-corrected chi connectivity index (χ3v) is 3.58. The average Bonchev–Trinajstić information content (AvgIpc) is 2.39. The van der Waals surface area contributed by atoms with Gasteiger partial charge in [0.15, 0.2) is 0 Å². The first-order chi connectivity index (χ1) is 8.31. The third kappa shape index (κ3) is 3.40. The zero-order valence-electron chi connectivity index (χ0n) is 10.7. The number of carbonyl (C=O) groups excluding carboxylic acids is 1. The lowest BCUT2D eigenvalue weighted by atomic mass is 10.1. The lowest BCUT2D eigenvalue weighted by Gasteiger charge is -2.35. The standard InChI is InChI=1S/C12H23N3O2/c1-2-11-12(16)15(4-3-13-11)6-5-14-7-9-17-10-8-14/h11,13H,2-10H2,1H3. The van der Waals surface area contributed by atoms with Gasteiger partial charge in [0.2, 0.25) is 5.91 Å². The van der Waals surface area contributed by atoms with Crippen LogP contribution in [-0.2, 0) is 9.53 Å². The maximum Gasteiger partial charge on any atom is 0.239 e. The van der Waals surface area contributed by atoms with E-state index >= 15 is 0 Å². The lowest BCUT2D eigenvalue weighted by molar-refractivity contribution is -0.136. The van der Waals surface area contributed by atoms with Gasteiger partial charge in [-0.2, -0.15) is 0 Å². The largest absolute Gasteiger partial charge is 0.379 e. The summed E-state index contributed by atoms with van der Waals surface area (Å²) in [6.45, 7) is 9.31. The number of nitrogens with one attached hydrogen (secondary N) is 1. The number of carbonyl (C=O) groups is 1. The summed E-state index contributed by atoms with van der Waals surface area (Å²) in [4.78, 5) is 16.4. The zero-order valence-corrected chi connectivity index (χ0v) is 10.7. The molecule has 2 heterocycles. The van der Waals surface area contributed by atoms with E-state index < -0.39 is 0 Å². The van der Waals surface area contributed by atoms with Gasteiger partial charge in [-0.25, -0.2) is 0 Å². The molecule has 0 aromatic carbocycles. The fourth-order valence-electron chi connectivity index (χ4n) is 2.42. The Bertz CT molecular complexity index is 254. The molecule has 0 spiro atoms. The fraction of sp³-hybridized carbons (Fsp3) is 0.917. The van der Waals surface area contributed by atoms with E-state index in [1.807, 2.05) is 4.90 Å². The predicted molar refractivity (Wildman–Crippen MR) is 65.9 cm³/mol. The van der Waals surface area contributed by atoms with Crippen LogP contribution in [0.1, 0.15) is 13.3 Å². The van der Waals surface area contributed by atoms with Gasteiger partial charge in [0.1, 0.15) is 0 Å². The van der Waals surface area contributed by atoms with Crippen molar-refractivity contribution in [2.45, 2.75) is 19.4 Å². The van der Waals surface area contributed by atoms with Crippen molar-refractivity contribution in [1.82, 2.24) is 15.1 Å². The van der Waals surface area contributed by atoms with Crippen LogP contribution in [0.15, 0.2) is 0 Å². The normalized spacial score (nSPS) is 27.5. The van der Waals surface area contributed by atoms with Gasteiger partial charge >= 0.3 is 0 Å². The van der Waals surface area contributed by atoms with Crippen LogP contribution in [0, 0.1) is 0 Å². The Hall–Kier alpha value is -0.650. The van der Waals surface area contributed by atoms with Crippen molar-refractivity contribution >= 4 is 5.91 Å². The maximum atomic E-state index is 12.0. The minimum atomic E-state index is 0.0356. The van der Waals surface area contributed by atoms with Gasteiger partial charge in [0.05, 0.1) is 19.3 Å². The minimum Gasteiger partial charge on any atom is -0.379 e. The molecule has 1 unspecified atom stereocenters.